The van der Waals surface area contributed by atoms with E-state index in [-0.39, 0.29) is 16.3 Å². The molecule has 0 spiro atoms. The van der Waals surface area contributed by atoms with E-state index in [1.807, 2.05) is 6.92 Å². The summed E-state index contributed by atoms with van der Waals surface area (Å²) < 4.78 is 41.2. The van der Waals surface area contributed by atoms with E-state index in [2.05, 4.69) is 5.32 Å². The van der Waals surface area contributed by atoms with Gasteiger partial charge in [-0.1, -0.05) is 41.4 Å². The molecule has 3 aromatic carbocycles. The van der Waals surface area contributed by atoms with Gasteiger partial charge < -0.3 is 5.32 Å². The topological polar surface area (TPSA) is 66.5 Å². The van der Waals surface area contributed by atoms with Gasteiger partial charge in [-0.05, 0) is 61.9 Å². The van der Waals surface area contributed by atoms with Crippen LogP contribution in [0.2, 0.25) is 5.02 Å². The Labute approximate surface area is 180 Å². The van der Waals surface area contributed by atoms with Gasteiger partial charge in [-0.3, -0.25) is 9.10 Å². The third-order valence-electron chi connectivity index (χ3n) is 4.51. The number of nitrogens with one attached hydrogen (secondary N) is 1. The van der Waals surface area contributed by atoms with Gasteiger partial charge >= 0.3 is 0 Å². The van der Waals surface area contributed by atoms with Gasteiger partial charge in [-0.2, -0.15) is 0 Å². The highest BCUT2D eigenvalue weighted by Gasteiger charge is 2.28. The van der Waals surface area contributed by atoms with E-state index < -0.39 is 28.3 Å². The number of anilines is 2. The van der Waals surface area contributed by atoms with E-state index in [9.17, 15) is 17.6 Å². The lowest BCUT2D eigenvalue weighted by molar-refractivity contribution is -0.114. The van der Waals surface area contributed by atoms with E-state index in [0.717, 1.165) is 15.9 Å². The van der Waals surface area contributed by atoms with Crippen molar-refractivity contribution in [2.45, 2.75) is 18.7 Å². The molecule has 0 bridgehead atoms. The summed E-state index contributed by atoms with van der Waals surface area (Å²) in [6.07, 6.45) is 0. The van der Waals surface area contributed by atoms with Crippen molar-refractivity contribution in [2.75, 3.05) is 16.2 Å². The zero-order valence-corrected chi connectivity index (χ0v) is 18.0. The lowest BCUT2D eigenvalue weighted by Gasteiger charge is -2.26. The standard InChI is InChI=1S/C22H20ClFN2O3S/c1-15-9-11-19(12-10-15)30(28,29)26(21-8-4-7-20(23)16(21)2)14-22(27)25-18-6-3-5-17(24)13-18/h3-13H,14H2,1-2H3,(H,25,27). The molecule has 1 N–H and O–H groups in total. The molecule has 0 fully saturated rings. The lowest BCUT2D eigenvalue weighted by atomic mass is 10.2. The number of carbonyl (C=O) groups excluding carboxylic acids is 1. The van der Waals surface area contributed by atoms with Crippen LogP contribution in [0.5, 0.6) is 0 Å². The summed E-state index contributed by atoms with van der Waals surface area (Å²) >= 11 is 6.19. The molecule has 8 heteroatoms. The first-order chi connectivity index (χ1) is 14.2. The molecule has 0 unspecified atom stereocenters. The smallest absolute Gasteiger partial charge is 0.264 e. The second-order valence-electron chi connectivity index (χ2n) is 6.77. The first kappa shape index (κ1) is 21.8. The van der Waals surface area contributed by atoms with Crippen molar-refractivity contribution < 1.29 is 17.6 Å². The number of halogens is 2. The van der Waals surface area contributed by atoms with Gasteiger partial charge in [0.15, 0.2) is 0 Å². The van der Waals surface area contributed by atoms with Gasteiger partial charge in [0.05, 0.1) is 10.6 Å². The minimum Gasteiger partial charge on any atom is -0.324 e. The molecule has 156 valence electrons. The molecule has 5 nitrogen and oxygen atoms in total. The fourth-order valence-corrected chi connectivity index (χ4v) is 4.55. The molecule has 30 heavy (non-hydrogen) atoms. The Kier molecular flexibility index (Phi) is 6.43. The van der Waals surface area contributed by atoms with Crippen molar-refractivity contribution in [2.24, 2.45) is 0 Å². The largest absolute Gasteiger partial charge is 0.324 e. The molecule has 0 heterocycles. The van der Waals surface area contributed by atoms with Crippen LogP contribution in [0.25, 0.3) is 0 Å². The molecular formula is C22H20ClFN2O3S. The molecular weight excluding hydrogens is 427 g/mol. The van der Waals surface area contributed by atoms with Gasteiger partial charge in [-0.25, -0.2) is 12.8 Å². The minimum atomic E-state index is -4.07. The van der Waals surface area contributed by atoms with Crippen LogP contribution >= 0.6 is 11.6 Å². The zero-order chi connectivity index (χ0) is 21.9. The molecule has 3 aromatic rings. The molecule has 3 rings (SSSR count). The lowest BCUT2D eigenvalue weighted by Crippen LogP contribution is -2.38. The number of nitrogens with zero attached hydrogens (tertiary/aromatic N) is 1. The summed E-state index contributed by atoms with van der Waals surface area (Å²) in [6.45, 7) is 3.02. The maximum absolute atomic E-state index is 13.4. The van der Waals surface area contributed by atoms with E-state index in [1.54, 1.807) is 37.3 Å². The van der Waals surface area contributed by atoms with Gasteiger partial charge in [-0.15, -0.1) is 0 Å². The molecule has 0 aromatic heterocycles. The number of carbonyl (C=O) groups is 1. The molecule has 0 aliphatic carbocycles. The van der Waals surface area contributed by atoms with E-state index in [4.69, 9.17) is 11.6 Å². The van der Waals surface area contributed by atoms with Gasteiger partial charge in [0.25, 0.3) is 10.0 Å². The normalized spacial score (nSPS) is 11.2. The maximum atomic E-state index is 13.4. The highest BCUT2D eigenvalue weighted by atomic mass is 35.5. The van der Waals surface area contributed by atoms with Gasteiger partial charge in [0, 0.05) is 10.7 Å². The number of hydrogen-bond acceptors (Lipinski definition) is 3. The molecule has 0 saturated heterocycles. The Bertz CT molecular complexity index is 1180. The van der Waals surface area contributed by atoms with Crippen LogP contribution in [0.3, 0.4) is 0 Å². The van der Waals surface area contributed by atoms with Crippen molar-refractivity contribution >= 4 is 38.9 Å². The van der Waals surface area contributed by atoms with Crippen LogP contribution in [-0.2, 0) is 14.8 Å². The highest BCUT2D eigenvalue weighted by molar-refractivity contribution is 7.92. The number of amides is 1. The third-order valence-corrected chi connectivity index (χ3v) is 6.70. The Morgan fingerprint density at radius 3 is 2.37 bits per heavy atom. The summed E-state index contributed by atoms with van der Waals surface area (Å²) in [5.41, 5.74) is 1.95. The molecule has 0 saturated carbocycles. The molecule has 0 radical (unpaired) electrons. The van der Waals surface area contributed by atoms with Crippen molar-refractivity contribution in [3.8, 4) is 0 Å². The van der Waals surface area contributed by atoms with E-state index in [0.29, 0.717) is 10.6 Å². The number of aryl methyl sites for hydroxylation is 1. The van der Waals surface area contributed by atoms with Crippen molar-refractivity contribution in [3.05, 3.63) is 88.7 Å². The average molecular weight is 447 g/mol. The first-order valence-corrected chi connectivity index (χ1v) is 10.9. The predicted octanol–water partition coefficient (Wildman–Crippen LogP) is 4.93. The monoisotopic (exact) mass is 446 g/mol. The van der Waals surface area contributed by atoms with Crippen LogP contribution < -0.4 is 9.62 Å². The SMILES string of the molecule is Cc1ccc(S(=O)(=O)N(CC(=O)Nc2cccc(F)c2)c2cccc(Cl)c2C)cc1. The molecule has 0 atom stereocenters. The Morgan fingerprint density at radius 1 is 1.03 bits per heavy atom. The van der Waals surface area contributed by atoms with Crippen LogP contribution in [0.4, 0.5) is 15.8 Å². The Hall–Kier alpha value is -2.90. The number of benzene rings is 3. The highest BCUT2D eigenvalue weighted by Crippen LogP contribution is 2.31. The van der Waals surface area contributed by atoms with E-state index >= 15 is 0 Å². The van der Waals surface area contributed by atoms with Crippen LogP contribution in [0, 0.1) is 19.7 Å². The molecule has 0 aliphatic heterocycles. The van der Waals surface area contributed by atoms with Gasteiger partial charge in [0.1, 0.15) is 12.4 Å². The van der Waals surface area contributed by atoms with Crippen LogP contribution in [0.1, 0.15) is 11.1 Å². The summed E-state index contributed by atoms with van der Waals surface area (Å²) in [7, 11) is -4.07. The summed E-state index contributed by atoms with van der Waals surface area (Å²) in [4.78, 5) is 12.7. The van der Waals surface area contributed by atoms with E-state index in [1.165, 1.54) is 30.3 Å². The average Bonchev–Trinajstić information content (AvgIpc) is 2.69. The molecule has 0 aliphatic rings. The Balaban J connectivity index is 2.00. The molecule has 1 amide bonds. The third kappa shape index (κ3) is 4.80. The zero-order valence-electron chi connectivity index (χ0n) is 16.4. The second kappa shape index (κ2) is 8.85. The minimum absolute atomic E-state index is 0.0473. The fraction of sp³-hybridized carbons (Fsp3) is 0.136. The Morgan fingerprint density at radius 2 is 1.70 bits per heavy atom. The summed E-state index contributed by atoms with van der Waals surface area (Å²) in [6, 6.07) is 16.6. The fourth-order valence-electron chi connectivity index (χ4n) is 2.90. The predicted molar refractivity (Wildman–Crippen MR) is 117 cm³/mol. The van der Waals surface area contributed by atoms with Gasteiger partial charge in [0.2, 0.25) is 5.91 Å². The first-order valence-electron chi connectivity index (χ1n) is 9.08. The number of sulfonamides is 1. The maximum Gasteiger partial charge on any atom is 0.264 e. The number of rotatable bonds is 6. The van der Waals surface area contributed by atoms with Crippen molar-refractivity contribution in [1.82, 2.24) is 0 Å². The van der Waals surface area contributed by atoms with Crippen molar-refractivity contribution in [3.63, 3.8) is 0 Å². The van der Waals surface area contributed by atoms with Crippen LogP contribution in [-0.4, -0.2) is 20.9 Å². The second-order valence-corrected chi connectivity index (χ2v) is 9.04. The summed E-state index contributed by atoms with van der Waals surface area (Å²) in [5, 5.41) is 2.91. The van der Waals surface area contributed by atoms with Crippen molar-refractivity contribution in [1.29, 1.82) is 0 Å². The van der Waals surface area contributed by atoms with Crippen LogP contribution in [0.15, 0.2) is 71.6 Å². The summed E-state index contributed by atoms with van der Waals surface area (Å²) in [5.74, 6) is -1.13. The number of hydrogen-bond donors (Lipinski definition) is 1. The quantitative estimate of drug-likeness (QED) is 0.583.